The maximum Gasteiger partial charge on any atom is 0.260 e. The molecule has 1 aromatic heterocycles. The number of aromatic nitrogens is 2. The molecule has 0 aliphatic carbocycles. The SMILES string of the molecule is CC(C)c1ccc(OCC(=O)N2CCN(Cc3nc4ccccc4[nH]3)CC2)cc1. The monoisotopic (exact) mass is 392 g/mol. The molecule has 1 amide bonds. The van der Waals surface area contributed by atoms with Gasteiger partial charge < -0.3 is 14.6 Å². The van der Waals surface area contributed by atoms with E-state index in [1.54, 1.807) is 0 Å². The van der Waals surface area contributed by atoms with Gasteiger partial charge in [-0.3, -0.25) is 9.69 Å². The minimum Gasteiger partial charge on any atom is -0.484 e. The molecule has 6 heteroatoms. The topological polar surface area (TPSA) is 61.5 Å². The summed E-state index contributed by atoms with van der Waals surface area (Å²) in [5.74, 6) is 2.24. The van der Waals surface area contributed by atoms with Crippen LogP contribution < -0.4 is 4.74 Å². The van der Waals surface area contributed by atoms with Gasteiger partial charge in [0, 0.05) is 26.2 Å². The Morgan fingerprint density at radius 3 is 2.48 bits per heavy atom. The number of piperazine rings is 1. The second kappa shape index (κ2) is 8.66. The molecular weight excluding hydrogens is 364 g/mol. The van der Waals surface area contributed by atoms with Crippen molar-refractivity contribution < 1.29 is 9.53 Å². The summed E-state index contributed by atoms with van der Waals surface area (Å²) in [6.07, 6.45) is 0. The third-order valence-corrected chi connectivity index (χ3v) is 5.45. The highest BCUT2D eigenvalue weighted by molar-refractivity contribution is 5.78. The van der Waals surface area contributed by atoms with E-state index in [0.29, 0.717) is 19.0 Å². The van der Waals surface area contributed by atoms with Crippen molar-refractivity contribution in [1.29, 1.82) is 0 Å². The lowest BCUT2D eigenvalue weighted by molar-refractivity contribution is -0.135. The average Bonchev–Trinajstić information content (AvgIpc) is 3.15. The van der Waals surface area contributed by atoms with Gasteiger partial charge in [0.05, 0.1) is 17.6 Å². The summed E-state index contributed by atoms with van der Waals surface area (Å²) >= 11 is 0. The van der Waals surface area contributed by atoms with E-state index in [-0.39, 0.29) is 12.5 Å². The predicted molar refractivity (Wildman–Crippen MR) is 114 cm³/mol. The highest BCUT2D eigenvalue weighted by atomic mass is 16.5. The zero-order chi connectivity index (χ0) is 20.2. The van der Waals surface area contributed by atoms with Crippen LogP contribution in [0.5, 0.6) is 5.75 Å². The Labute approximate surface area is 171 Å². The van der Waals surface area contributed by atoms with Gasteiger partial charge in [0.25, 0.3) is 5.91 Å². The first-order valence-electron chi connectivity index (χ1n) is 10.2. The van der Waals surface area contributed by atoms with E-state index in [9.17, 15) is 4.79 Å². The van der Waals surface area contributed by atoms with Crippen LogP contribution in [0.25, 0.3) is 11.0 Å². The van der Waals surface area contributed by atoms with E-state index in [1.807, 2.05) is 41.3 Å². The van der Waals surface area contributed by atoms with Crippen LogP contribution in [0.15, 0.2) is 48.5 Å². The molecule has 1 aliphatic heterocycles. The van der Waals surface area contributed by atoms with Crippen molar-refractivity contribution in [1.82, 2.24) is 19.8 Å². The second-order valence-corrected chi connectivity index (χ2v) is 7.87. The highest BCUT2D eigenvalue weighted by Gasteiger charge is 2.22. The van der Waals surface area contributed by atoms with Crippen molar-refractivity contribution in [2.45, 2.75) is 26.3 Å². The lowest BCUT2D eigenvalue weighted by Crippen LogP contribution is -2.49. The van der Waals surface area contributed by atoms with E-state index in [1.165, 1.54) is 5.56 Å². The molecule has 2 aromatic carbocycles. The van der Waals surface area contributed by atoms with Crippen molar-refractivity contribution >= 4 is 16.9 Å². The number of amides is 1. The third-order valence-electron chi connectivity index (χ3n) is 5.45. The first-order valence-corrected chi connectivity index (χ1v) is 10.2. The Bertz CT molecular complexity index is 923. The lowest BCUT2D eigenvalue weighted by Gasteiger charge is -2.34. The molecule has 4 rings (SSSR count). The Morgan fingerprint density at radius 1 is 1.07 bits per heavy atom. The summed E-state index contributed by atoms with van der Waals surface area (Å²) in [5.41, 5.74) is 3.33. The quantitative estimate of drug-likeness (QED) is 0.698. The van der Waals surface area contributed by atoms with E-state index in [4.69, 9.17) is 4.74 Å². The fraction of sp³-hybridized carbons (Fsp3) is 0.391. The van der Waals surface area contributed by atoms with Crippen molar-refractivity contribution in [3.63, 3.8) is 0 Å². The number of carbonyl (C=O) groups excluding carboxylic acids is 1. The number of hydrogen-bond donors (Lipinski definition) is 1. The molecule has 3 aromatic rings. The Balaban J connectivity index is 1.24. The fourth-order valence-corrected chi connectivity index (χ4v) is 3.63. The number of aromatic amines is 1. The molecule has 1 saturated heterocycles. The molecule has 0 saturated carbocycles. The molecule has 29 heavy (non-hydrogen) atoms. The van der Waals surface area contributed by atoms with Gasteiger partial charge in [-0.15, -0.1) is 0 Å². The molecule has 0 atom stereocenters. The van der Waals surface area contributed by atoms with Gasteiger partial charge in [-0.1, -0.05) is 38.1 Å². The smallest absolute Gasteiger partial charge is 0.260 e. The molecule has 0 radical (unpaired) electrons. The number of rotatable bonds is 6. The molecule has 1 fully saturated rings. The van der Waals surface area contributed by atoms with Gasteiger partial charge in [0.2, 0.25) is 0 Å². The van der Waals surface area contributed by atoms with Crippen LogP contribution in [0.2, 0.25) is 0 Å². The van der Waals surface area contributed by atoms with Crippen LogP contribution in [0, 0.1) is 0 Å². The molecule has 1 N–H and O–H groups in total. The van der Waals surface area contributed by atoms with E-state index < -0.39 is 0 Å². The van der Waals surface area contributed by atoms with Gasteiger partial charge in [0.1, 0.15) is 11.6 Å². The maximum absolute atomic E-state index is 12.5. The Hall–Kier alpha value is -2.86. The number of nitrogens with one attached hydrogen (secondary N) is 1. The van der Waals surface area contributed by atoms with E-state index in [2.05, 4.69) is 40.8 Å². The minimum absolute atomic E-state index is 0.0429. The largest absolute Gasteiger partial charge is 0.484 e. The van der Waals surface area contributed by atoms with Gasteiger partial charge in [0.15, 0.2) is 6.61 Å². The molecule has 0 unspecified atom stereocenters. The normalized spacial score (nSPS) is 15.2. The summed E-state index contributed by atoms with van der Waals surface area (Å²) in [4.78, 5) is 24.7. The third kappa shape index (κ3) is 4.77. The van der Waals surface area contributed by atoms with Gasteiger partial charge >= 0.3 is 0 Å². The predicted octanol–water partition coefficient (Wildman–Crippen LogP) is 3.41. The van der Waals surface area contributed by atoms with Crippen LogP contribution in [-0.4, -0.2) is 58.5 Å². The molecule has 6 nitrogen and oxygen atoms in total. The molecule has 0 spiro atoms. The Kier molecular flexibility index (Phi) is 5.81. The summed E-state index contributed by atoms with van der Waals surface area (Å²) < 4.78 is 5.69. The zero-order valence-corrected chi connectivity index (χ0v) is 17.1. The number of nitrogens with zero attached hydrogens (tertiary/aromatic N) is 3. The number of H-pyrrole nitrogens is 1. The second-order valence-electron chi connectivity index (χ2n) is 7.87. The molecule has 1 aliphatic rings. The molecule has 2 heterocycles. The van der Waals surface area contributed by atoms with E-state index >= 15 is 0 Å². The highest BCUT2D eigenvalue weighted by Crippen LogP contribution is 2.19. The standard InChI is InChI=1S/C23H28N4O2/c1-17(2)18-7-9-19(10-8-18)29-16-23(28)27-13-11-26(12-14-27)15-22-24-20-5-3-4-6-21(20)25-22/h3-10,17H,11-16H2,1-2H3,(H,24,25). The van der Waals surface area contributed by atoms with Gasteiger partial charge in [-0.05, 0) is 35.7 Å². The average molecular weight is 393 g/mol. The number of carbonyl (C=O) groups is 1. The van der Waals surface area contributed by atoms with Crippen LogP contribution in [0.1, 0.15) is 31.2 Å². The van der Waals surface area contributed by atoms with Gasteiger partial charge in [-0.25, -0.2) is 4.98 Å². The zero-order valence-electron chi connectivity index (χ0n) is 17.1. The number of benzene rings is 2. The number of fused-ring (bicyclic) bond motifs is 1. The van der Waals surface area contributed by atoms with Crippen LogP contribution in [0.3, 0.4) is 0 Å². The van der Waals surface area contributed by atoms with Crippen molar-refractivity contribution in [2.24, 2.45) is 0 Å². The number of hydrogen-bond acceptors (Lipinski definition) is 4. The number of imidazole rings is 1. The summed E-state index contributed by atoms with van der Waals surface area (Å²) in [5, 5.41) is 0. The molecule has 152 valence electrons. The summed E-state index contributed by atoms with van der Waals surface area (Å²) in [7, 11) is 0. The van der Waals surface area contributed by atoms with Gasteiger partial charge in [-0.2, -0.15) is 0 Å². The van der Waals surface area contributed by atoms with Crippen LogP contribution in [0.4, 0.5) is 0 Å². The summed E-state index contributed by atoms with van der Waals surface area (Å²) in [6, 6.07) is 16.1. The molecular formula is C23H28N4O2. The fourth-order valence-electron chi connectivity index (χ4n) is 3.63. The van der Waals surface area contributed by atoms with Crippen LogP contribution in [-0.2, 0) is 11.3 Å². The van der Waals surface area contributed by atoms with E-state index in [0.717, 1.165) is 42.2 Å². The molecule has 0 bridgehead atoms. The summed E-state index contributed by atoms with van der Waals surface area (Å²) in [6.45, 7) is 8.29. The Morgan fingerprint density at radius 2 is 1.79 bits per heavy atom. The minimum atomic E-state index is 0.0429. The number of para-hydroxylation sites is 2. The van der Waals surface area contributed by atoms with Crippen molar-refractivity contribution in [3.05, 3.63) is 59.9 Å². The van der Waals surface area contributed by atoms with Crippen molar-refractivity contribution in [2.75, 3.05) is 32.8 Å². The lowest BCUT2D eigenvalue weighted by atomic mass is 10.0. The van der Waals surface area contributed by atoms with Crippen molar-refractivity contribution in [3.8, 4) is 5.75 Å². The first kappa shape index (κ1) is 19.5. The van der Waals surface area contributed by atoms with Crippen LogP contribution >= 0.6 is 0 Å². The maximum atomic E-state index is 12.5. The first-order chi connectivity index (χ1) is 14.1. The number of ether oxygens (including phenoxy) is 1.